The van der Waals surface area contributed by atoms with E-state index in [0.717, 1.165) is 10.1 Å². The molecule has 0 saturated carbocycles. The zero-order chi connectivity index (χ0) is 10.1. The largest absolute Gasteiger partial charge is 0.323 e. The van der Waals surface area contributed by atoms with Crippen LogP contribution in [0, 0.1) is 0 Å². The van der Waals surface area contributed by atoms with Crippen LogP contribution in [0.15, 0.2) is 29.1 Å². The monoisotopic (exact) mass is 253 g/mol. The Bertz CT molecular complexity index is 492. The van der Waals surface area contributed by atoms with E-state index in [1.54, 1.807) is 6.20 Å². The van der Waals surface area contributed by atoms with Crippen molar-refractivity contribution in [2.24, 2.45) is 0 Å². The van der Waals surface area contributed by atoms with Crippen molar-refractivity contribution in [2.75, 3.05) is 5.32 Å². The second-order valence-corrected chi connectivity index (χ2v) is 3.83. The minimum absolute atomic E-state index is 0.104. The van der Waals surface area contributed by atoms with Crippen LogP contribution in [0.4, 0.5) is 5.69 Å². The molecule has 2 aromatic heterocycles. The molecule has 5 heteroatoms. The molecular formula is C9H8BrN3O. The number of nitrogens with one attached hydrogen (secondary N) is 1. The molecule has 0 aliphatic carbocycles. The summed E-state index contributed by atoms with van der Waals surface area (Å²) in [6, 6.07) is 1.82. The van der Waals surface area contributed by atoms with E-state index >= 15 is 0 Å². The van der Waals surface area contributed by atoms with Gasteiger partial charge in [-0.1, -0.05) is 0 Å². The van der Waals surface area contributed by atoms with Gasteiger partial charge in [0.25, 0.3) is 0 Å². The lowest BCUT2D eigenvalue weighted by Crippen LogP contribution is -2.07. The number of aromatic nitrogens is 2. The molecule has 14 heavy (non-hydrogen) atoms. The third-order valence-corrected chi connectivity index (χ3v) is 2.20. The van der Waals surface area contributed by atoms with Gasteiger partial charge in [-0.25, -0.2) is 4.98 Å². The van der Waals surface area contributed by atoms with Gasteiger partial charge < -0.3 is 9.72 Å². The van der Waals surface area contributed by atoms with E-state index in [2.05, 4.69) is 26.2 Å². The number of carbonyl (C=O) groups is 1. The van der Waals surface area contributed by atoms with Gasteiger partial charge in [0, 0.05) is 30.0 Å². The minimum Gasteiger partial charge on any atom is -0.323 e. The molecule has 0 aromatic carbocycles. The second kappa shape index (κ2) is 3.42. The fourth-order valence-electron chi connectivity index (χ4n) is 1.28. The molecule has 72 valence electrons. The van der Waals surface area contributed by atoms with Gasteiger partial charge in [-0.2, -0.15) is 0 Å². The van der Waals surface area contributed by atoms with Crippen molar-refractivity contribution in [3.05, 3.63) is 29.1 Å². The Morgan fingerprint density at radius 1 is 1.64 bits per heavy atom. The maximum absolute atomic E-state index is 10.9. The molecule has 1 N–H and O–H groups in total. The highest BCUT2D eigenvalue weighted by molar-refractivity contribution is 9.10. The van der Waals surface area contributed by atoms with E-state index in [1.807, 2.05) is 22.9 Å². The van der Waals surface area contributed by atoms with Gasteiger partial charge in [0.05, 0.1) is 5.69 Å². The molecule has 2 aromatic rings. The minimum atomic E-state index is -0.104. The molecule has 0 aliphatic rings. The highest BCUT2D eigenvalue weighted by Crippen LogP contribution is 2.20. The number of rotatable bonds is 1. The molecule has 0 bridgehead atoms. The topological polar surface area (TPSA) is 46.4 Å². The van der Waals surface area contributed by atoms with E-state index in [4.69, 9.17) is 0 Å². The summed E-state index contributed by atoms with van der Waals surface area (Å²) in [5.41, 5.74) is 1.44. The van der Waals surface area contributed by atoms with Crippen LogP contribution in [0.5, 0.6) is 0 Å². The first-order valence-electron chi connectivity index (χ1n) is 4.06. The van der Waals surface area contributed by atoms with Crippen molar-refractivity contribution < 1.29 is 4.79 Å². The molecule has 2 heterocycles. The van der Waals surface area contributed by atoms with Gasteiger partial charge in [-0.3, -0.25) is 4.79 Å². The summed E-state index contributed by atoms with van der Waals surface area (Å²) in [6.45, 7) is 1.47. The van der Waals surface area contributed by atoms with Crippen LogP contribution in [0.3, 0.4) is 0 Å². The van der Waals surface area contributed by atoms with E-state index in [0.29, 0.717) is 5.69 Å². The molecule has 0 aliphatic heterocycles. The summed E-state index contributed by atoms with van der Waals surface area (Å²) in [5, 5.41) is 2.72. The summed E-state index contributed by atoms with van der Waals surface area (Å²) in [6.07, 6.45) is 5.39. The molecule has 2 rings (SSSR count). The van der Waals surface area contributed by atoms with Gasteiger partial charge in [-0.15, -0.1) is 0 Å². The Morgan fingerprint density at radius 3 is 3.14 bits per heavy atom. The number of nitrogens with zero attached hydrogens (tertiary/aromatic N) is 2. The van der Waals surface area contributed by atoms with Crippen molar-refractivity contribution >= 4 is 33.2 Å². The Balaban J connectivity index is 2.60. The van der Waals surface area contributed by atoms with E-state index in [9.17, 15) is 4.79 Å². The summed E-state index contributed by atoms with van der Waals surface area (Å²) in [7, 11) is 0. The van der Waals surface area contributed by atoms with Crippen molar-refractivity contribution in [1.82, 2.24) is 9.38 Å². The van der Waals surface area contributed by atoms with Crippen LogP contribution in [-0.4, -0.2) is 15.3 Å². The summed E-state index contributed by atoms with van der Waals surface area (Å²) in [4.78, 5) is 15.1. The SMILES string of the molecule is CC(=O)Nc1cc(Br)cn2ccnc12. The van der Waals surface area contributed by atoms with Crippen LogP contribution in [0.25, 0.3) is 5.65 Å². The van der Waals surface area contributed by atoms with Gasteiger partial charge in [-0.05, 0) is 22.0 Å². The number of pyridine rings is 1. The molecule has 0 saturated heterocycles. The summed E-state index contributed by atoms with van der Waals surface area (Å²) >= 11 is 3.36. The highest BCUT2D eigenvalue weighted by Gasteiger charge is 2.05. The van der Waals surface area contributed by atoms with E-state index < -0.39 is 0 Å². The van der Waals surface area contributed by atoms with Crippen molar-refractivity contribution in [1.29, 1.82) is 0 Å². The van der Waals surface area contributed by atoms with Gasteiger partial charge in [0.15, 0.2) is 5.65 Å². The Morgan fingerprint density at radius 2 is 2.43 bits per heavy atom. The molecule has 0 unspecified atom stereocenters. The smallest absolute Gasteiger partial charge is 0.221 e. The Kier molecular flexibility index (Phi) is 2.25. The maximum Gasteiger partial charge on any atom is 0.221 e. The molecule has 1 amide bonds. The molecule has 0 fully saturated rings. The number of imidazole rings is 1. The Labute approximate surface area is 89.1 Å². The van der Waals surface area contributed by atoms with E-state index in [-0.39, 0.29) is 5.91 Å². The zero-order valence-electron chi connectivity index (χ0n) is 7.49. The molecular weight excluding hydrogens is 246 g/mol. The number of hydrogen-bond acceptors (Lipinski definition) is 2. The third kappa shape index (κ3) is 1.63. The first-order valence-corrected chi connectivity index (χ1v) is 4.86. The van der Waals surface area contributed by atoms with Crippen molar-refractivity contribution in [3.8, 4) is 0 Å². The molecule has 0 radical (unpaired) electrons. The fraction of sp³-hybridized carbons (Fsp3) is 0.111. The van der Waals surface area contributed by atoms with Crippen LogP contribution < -0.4 is 5.32 Å². The fourth-order valence-corrected chi connectivity index (χ4v) is 1.73. The predicted octanol–water partition coefficient (Wildman–Crippen LogP) is 2.06. The van der Waals surface area contributed by atoms with Crippen LogP contribution >= 0.6 is 15.9 Å². The summed E-state index contributed by atoms with van der Waals surface area (Å²) < 4.78 is 2.74. The Hall–Kier alpha value is -1.36. The quantitative estimate of drug-likeness (QED) is 0.846. The zero-order valence-corrected chi connectivity index (χ0v) is 9.08. The number of halogens is 1. The van der Waals surface area contributed by atoms with Crippen LogP contribution in [-0.2, 0) is 4.79 Å². The number of hydrogen-bond donors (Lipinski definition) is 1. The lowest BCUT2D eigenvalue weighted by molar-refractivity contribution is -0.114. The normalized spacial score (nSPS) is 10.4. The number of carbonyl (C=O) groups excluding carboxylic acids is 1. The van der Waals surface area contributed by atoms with Crippen molar-refractivity contribution in [3.63, 3.8) is 0 Å². The second-order valence-electron chi connectivity index (χ2n) is 2.91. The first-order chi connectivity index (χ1) is 6.66. The molecule has 0 spiro atoms. The third-order valence-electron chi connectivity index (χ3n) is 1.76. The lowest BCUT2D eigenvalue weighted by atomic mass is 10.4. The standard InChI is InChI=1S/C9H8BrN3O/c1-6(14)12-8-4-7(10)5-13-3-2-11-9(8)13/h2-5H,1H3,(H,12,14). The van der Waals surface area contributed by atoms with Gasteiger partial charge in [0.2, 0.25) is 5.91 Å². The highest BCUT2D eigenvalue weighted by atomic mass is 79.9. The van der Waals surface area contributed by atoms with E-state index in [1.165, 1.54) is 6.92 Å². The maximum atomic E-state index is 10.9. The molecule has 0 atom stereocenters. The van der Waals surface area contributed by atoms with Crippen LogP contribution in [0.1, 0.15) is 6.92 Å². The lowest BCUT2D eigenvalue weighted by Gasteiger charge is -2.04. The average Bonchev–Trinajstić information content (AvgIpc) is 2.50. The first kappa shape index (κ1) is 9.21. The van der Waals surface area contributed by atoms with Gasteiger partial charge in [0.1, 0.15) is 0 Å². The number of anilines is 1. The average molecular weight is 254 g/mol. The number of amides is 1. The van der Waals surface area contributed by atoms with Crippen molar-refractivity contribution in [2.45, 2.75) is 6.92 Å². The molecule has 4 nitrogen and oxygen atoms in total. The predicted molar refractivity (Wildman–Crippen MR) is 57.2 cm³/mol. The number of fused-ring (bicyclic) bond motifs is 1. The van der Waals surface area contributed by atoms with Gasteiger partial charge >= 0.3 is 0 Å². The van der Waals surface area contributed by atoms with Crippen LogP contribution in [0.2, 0.25) is 0 Å². The summed E-state index contributed by atoms with van der Waals surface area (Å²) in [5.74, 6) is -0.104.